The summed E-state index contributed by atoms with van der Waals surface area (Å²) in [5.74, 6) is 2.33. The molecule has 2 amide bonds. The number of fused-ring (bicyclic) bond motifs is 1. The molecular weight excluding hydrogens is 406 g/mol. The SMILES string of the molecule is Cc1nc(N)c2nc(CCC3CC3)n(CCOCCN(C(N)=O)c3cccnc3)c2c1C. The molecule has 0 radical (unpaired) electrons. The van der Waals surface area contributed by atoms with Crippen LogP contribution in [0.3, 0.4) is 0 Å². The molecule has 0 atom stereocenters. The molecule has 3 heterocycles. The summed E-state index contributed by atoms with van der Waals surface area (Å²) in [7, 11) is 0. The van der Waals surface area contributed by atoms with E-state index in [1.165, 1.54) is 17.7 Å². The van der Waals surface area contributed by atoms with E-state index in [1.807, 2.05) is 6.92 Å². The van der Waals surface area contributed by atoms with E-state index in [4.69, 9.17) is 21.2 Å². The number of aryl methyl sites for hydroxylation is 3. The van der Waals surface area contributed by atoms with Gasteiger partial charge in [-0.3, -0.25) is 9.88 Å². The van der Waals surface area contributed by atoms with E-state index in [0.29, 0.717) is 37.8 Å². The Morgan fingerprint density at radius 3 is 2.78 bits per heavy atom. The highest BCUT2D eigenvalue weighted by Crippen LogP contribution is 2.34. The van der Waals surface area contributed by atoms with Crippen molar-refractivity contribution in [3.05, 3.63) is 41.6 Å². The van der Waals surface area contributed by atoms with Crippen LogP contribution in [-0.4, -0.2) is 45.3 Å². The lowest BCUT2D eigenvalue weighted by atomic mass is 10.2. The Bertz CT molecular complexity index is 1090. The number of anilines is 2. The van der Waals surface area contributed by atoms with Crippen molar-refractivity contribution in [1.29, 1.82) is 0 Å². The Balaban J connectivity index is 1.43. The molecular formula is C23H31N7O2. The number of urea groups is 1. The molecule has 0 unspecified atom stereocenters. The largest absolute Gasteiger partial charge is 0.382 e. The highest BCUT2D eigenvalue weighted by atomic mass is 16.5. The Kier molecular flexibility index (Phi) is 6.55. The van der Waals surface area contributed by atoms with E-state index in [0.717, 1.165) is 46.9 Å². The van der Waals surface area contributed by atoms with Crippen LogP contribution >= 0.6 is 0 Å². The third-order valence-corrected chi connectivity index (χ3v) is 6.09. The van der Waals surface area contributed by atoms with Crippen LogP contribution in [0.4, 0.5) is 16.3 Å². The molecule has 9 nitrogen and oxygen atoms in total. The number of ether oxygens (including phenoxy) is 1. The summed E-state index contributed by atoms with van der Waals surface area (Å²) in [6.07, 6.45) is 7.97. The van der Waals surface area contributed by atoms with Gasteiger partial charge in [0.2, 0.25) is 0 Å². The lowest BCUT2D eigenvalue weighted by Crippen LogP contribution is -2.38. The fourth-order valence-electron chi connectivity index (χ4n) is 4.01. The Morgan fingerprint density at radius 2 is 2.09 bits per heavy atom. The third-order valence-electron chi connectivity index (χ3n) is 6.09. The number of hydrogen-bond acceptors (Lipinski definition) is 6. The average molecular weight is 438 g/mol. The summed E-state index contributed by atoms with van der Waals surface area (Å²) in [6.45, 7) is 5.90. The second-order valence-corrected chi connectivity index (χ2v) is 8.38. The predicted octanol–water partition coefficient (Wildman–Crippen LogP) is 2.97. The maximum absolute atomic E-state index is 11.8. The number of carbonyl (C=O) groups is 1. The van der Waals surface area contributed by atoms with Gasteiger partial charge in [0.15, 0.2) is 5.82 Å². The van der Waals surface area contributed by atoms with Crippen molar-refractivity contribution in [3.63, 3.8) is 0 Å². The molecule has 4 rings (SSSR count). The topological polar surface area (TPSA) is 125 Å². The van der Waals surface area contributed by atoms with Crippen molar-refractivity contribution in [2.45, 2.75) is 46.1 Å². The summed E-state index contributed by atoms with van der Waals surface area (Å²) in [4.78, 5) is 26.6. The quantitative estimate of drug-likeness (QED) is 0.470. The molecule has 32 heavy (non-hydrogen) atoms. The van der Waals surface area contributed by atoms with Crippen molar-refractivity contribution in [3.8, 4) is 0 Å². The highest BCUT2D eigenvalue weighted by molar-refractivity contribution is 5.90. The molecule has 9 heteroatoms. The van der Waals surface area contributed by atoms with Crippen LogP contribution in [0.2, 0.25) is 0 Å². The zero-order chi connectivity index (χ0) is 22.7. The molecule has 170 valence electrons. The number of imidazole rings is 1. The van der Waals surface area contributed by atoms with Crippen LogP contribution in [-0.2, 0) is 17.7 Å². The van der Waals surface area contributed by atoms with Gasteiger partial charge in [-0.05, 0) is 43.9 Å². The minimum atomic E-state index is -0.529. The number of primary amides is 1. The first-order valence-electron chi connectivity index (χ1n) is 11.1. The van der Waals surface area contributed by atoms with E-state index in [9.17, 15) is 4.79 Å². The van der Waals surface area contributed by atoms with E-state index in [2.05, 4.69) is 21.5 Å². The van der Waals surface area contributed by atoms with E-state index >= 15 is 0 Å². The number of nitrogen functional groups attached to an aromatic ring is 1. The zero-order valence-corrected chi connectivity index (χ0v) is 18.8. The molecule has 1 fully saturated rings. The molecule has 0 saturated heterocycles. The minimum Gasteiger partial charge on any atom is -0.382 e. The van der Waals surface area contributed by atoms with Crippen molar-refractivity contribution in [2.75, 3.05) is 30.4 Å². The molecule has 3 aromatic heterocycles. The van der Waals surface area contributed by atoms with Gasteiger partial charge in [0.25, 0.3) is 0 Å². The third kappa shape index (κ3) is 4.83. The predicted molar refractivity (Wildman–Crippen MR) is 124 cm³/mol. The molecule has 1 saturated carbocycles. The summed E-state index contributed by atoms with van der Waals surface area (Å²) >= 11 is 0. The summed E-state index contributed by atoms with van der Waals surface area (Å²) in [5, 5.41) is 0. The second-order valence-electron chi connectivity index (χ2n) is 8.38. The summed E-state index contributed by atoms with van der Waals surface area (Å²) < 4.78 is 8.11. The van der Waals surface area contributed by atoms with Crippen LogP contribution < -0.4 is 16.4 Å². The maximum atomic E-state index is 11.8. The molecule has 3 aromatic rings. The van der Waals surface area contributed by atoms with Gasteiger partial charge in [-0.15, -0.1) is 0 Å². The van der Waals surface area contributed by atoms with Crippen LogP contribution in [0.25, 0.3) is 11.0 Å². The molecule has 1 aliphatic carbocycles. The summed E-state index contributed by atoms with van der Waals surface area (Å²) in [6, 6.07) is 3.04. The Labute approximate surface area is 187 Å². The first-order chi connectivity index (χ1) is 15.5. The number of amides is 2. The van der Waals surface area contributed by atoms with Gasteiger partial charge >= 0.3 is 6.03 Å². The van der Waals surface area contributed by atoms with Crippen LogP contribution in [0.5, 0.6) is 0 Å². The lowest BCUT2D eigenvalue weighted by Gasteiger charge is -2.20. The molecule has 0 aromatic carbocycles. The van der Waals surface area contributed by atoms with Crippen molar-refractivity contribution in [1.82, 2.24) is 19.5 Å². The molecule has 4 N–H and O–H groups in total. The molecule has 0 bridgehead atoms. The van der Waals surface area contributed by atoms with E-state index in [1.54, 1.807) is 24.5 Å². The highest BCUT2D eigenvalue weighted by Gasteiger charge is 2.23. The maximum Gasteiger partial charge on any atom is 0.319 e. The van der Waals surface area contributed by atoms with Crippen LogP contribution in [0, 0.1) is 19.8 Å². The fraction of sp³-hybridized carbons (Fsp3) is 0.478. The number of nitrogens with zero attached hydrogens (tertiary/aromatic N) is 5. The van der Waals surface area contributed by atoms with Gasteiger partial charge in [-0.1, -0.05) is 12.8 Å². The van der Waals surface area contributed by atoms with Crippen molar-refractivity contribution in [2.24, 2.45) is 11.7 Å². The number of pyridine rings is 2. The minimum absolute atomic E-state index is 0.356. The summed E-state index contributed by atoms with van der Waals surface area (Å²) in [5.41, 5.74) is 16.2. The van der Waals surface area contributed by atoms with Crippen molar-refractivity contribution >= 4 is 28.6 Å². The molecule has 0 spiro atoms. The van der Waals surface area contributed by atoms with Crippen LogP contribution in [0.1, 0.15) is 36.3 Å². The standard InChI is InChI=1S/C23H31N7O2/c1-15-16(2)27-22(24)20-21(15)30(19(28-20)8-7-17-5-6-17)11-13-32-12-10-29(23(25)31)18-4-3-9-26-14-18/h3-4,9,14,17H,5-8,10-13H2,1-2H3,(H2,24,27)(H2,25,31). The number of carbonyl (C=O) groups excluding carboxylic acids is 1. The van der Waals surface area contributed by atoms with Crippen LogP contribution in [0.15, 0.2) is 24.5 Å². The van der Waals surface area contributed by atoms with Gasteiger partial charge in [0.05, 0.1) is 37.2 Å². The van der Waals surface area contributed by atoms with Gasteiger partial charge in [0.1, 0.15) is 11.3 Å². The van der Waals surface area contributed by atoms with Gasteiger partial charge in [-0.25, -0.2) is 14.8 Å². The Morgan fingerprint density at radius 1 is 1.28 bits per heavy atom. The van der Waals surface area contributed by atoms with Gasteiger partial charge < -0.3 is 20.8 Å². The van der Waals surface area contributed by atoms with E-state index < -0.39 is 6.03 Å². The number of hydrogen-bond donors (Lipinski definition) is 2. The molecule has 0 aliphatic heterocycles. The monoisotopic (exact) mass is 437 g/mol. The number of rotatable bonds is 10. The zero-order valence-electron chi connectivity index (χ0n) is 18.8. The number of nitrogens with two attached hydrogens (primary N) is 2. The molecule has 1 aliphatic rings. The Hall–Kier alpha value is -3.20. The first-order valence-corrected chi connectivity index (χ1v) is 11.1. The normalized spacial score (nSPS) is 13.6. The fourth-order valence-corrected chi connectivity index (χ4v) is 4.01. The van der Waals surface area contributed by atoms with E-state index in [-0.39, 0.29) is 0 Å². The average Bonchev–Trinajstić information content (AvgIpc) is 3.53. The smallest absolute Gasteiger partial charge is 0.319 e. The van der Waals surface area contributed by atoms with Gasteiger partial charge in [-0.2, -0.15) is 0 Å². The number of aromatic nitrogens is 4. The lowest BCUT2D eigenvalue weighted by molar-refractivity contribution is 0.132. The van der Waals surface area contributed by atoms with Gasteiger partial charge in [0, 0.05) is 24.9 Å². The first kappa shape index (κ1) is 22.0. The van der Waals surface area contributed by atoms with Crippen molar-refractivity contribution < 1.29 is 9.53 Å². The second kappa shape index (κ2) is 9.52.